The Morgan fingerprint density at radius 2 is 1.80 bits per heavy atom. The number of rotatable bonds is 6. The smallest absolute Gasteiger partial charge is 0.255 e. The number of amides is 1. The number of hydrogen-bond donors (Lipinski definition) is 1. The Balaban J connectivity index is 1.23. The number of fused-ring (bicyclic) bond motifs is 1. The average Bonchev–Trinajstić information content (AvgIpc) is 3.15. The van der Waals surface area contributed by atoms with E-state index in [-0.39, 0.29) is 11.5 Å². The van der Waals surface area contributed by atoms with Gasteiger partial charge < -0.3 is 9.88 Å². The van der Waals surface area contributed by atoms with Crippen LogP contribution >= 0.6 is 11.3 Å². The van der Waals surface area contributed by atoms with Crippen molar-refractivity contribution in [1.82, 2.24) is 19.8 Å². The first-order valence-electron chi connectivity index (χ1n) is 12.6. The van der Waals surface area contributed by atoms with Gasteiger partial charge in [0.15, 0.2) is 0 Å². The highest BCUT2D eigenvalue weighted by Crippen LogP contribution is 2.36. The number of hydrogen-bond acceptors (Lipinski definition) is 5. The van der Waals surface area contributed by atoms with Crippen molar-refractivity contribution in [3.63, 3.8) is 0 Å². The van der Waals surface area contributed by atoms with E-state index in [0.717, 1.165) is 54.9 Å². The fourth-order valence-electron chi connectivity index (χ4n) is 5.55. The van der Waals surface area contributed by atoms with Crippen LogP contribution in [0.1, 0.15) is 60.9 Å². The molecule has 0 aromatic carbocycles. The SMILES string of the molecule is Cc1cc(C)c(CN2CCc3sc(CC4CCN(Cc5ccncc5)CC4)c(C)c3C2=O)c(=O)[nH]1. The summed E-state index contributed by atoms with van der Waals surface area (Å²) in [5.74, 6) is 0.750. The number of likely N-dealkylation sites (tertiary alicyclic amines) is 1. The van der Waals surface area contributed by atoms with Crippen molar-refractivity contribution in [3.8, 4) is 0 Å². The summed E-state index contributed by atoms with van der Waals surface area (Å²) in [6, 6.07) is 6.18. The van der Waals surface area contributed by atoms with Crippen molar-refractivity contribution in [2.75, 3.05) is 19.6 Å². The van der Waals surface area contributed by atoms with Crippen LogP contribution in [0.15, 0.2) is 35.4 Å². The highest BCUT2D eigenvalue weighted by molar-refractivity contribution is 7.12. The van der Waals surface area contributed by atoms with E-state index in [1.54, 1.807) is 0 Å². The van der Waals surface area contributed by atoms with Gasteiger partial charge >= 0.3 is 0 Å². The summed E-state index contributed by atoms with van der Waals surface area (Å²) in [7, 11) is 0. The van der Waals surface area contributed by atoms with E-state index < -0.39 is 0 Å². The third-order valence-corrected chi connectivity index (χ3v) is 8.98. The molecule has 0 unspecified atom stereocenters. The fourth-order valence-corrected chi connectivity index (χ4v) is 6.96. The van der Waals surface area contributed by atoms with Gasteiger partial charge in [-0.1, -0.05) is 0 Å². The number of aryl methyl sites for hydroxylation is 2. The highest BCUT2D eigenvalue weighted by atomic mass is 32.1. The van der Waals surface area contributed by atoms with Crippen molar-refractivity contribution < 1.29 is 4.79 Å². The second kappa shape index (κ2) is 10.1. The Morgan fingerprint density at radius 3 is 2.51 bits per heavy atom. The molecule has 0 bridgehead atoms. The lowest BCUT2D eigenvalue weighted by Crippen LogP contribution is -2.38. The van der Waals surface area contributed by atoms with Gasteiger partial charge in [0.05, 0.1) is 12.1 Å². The number of nitrogens with zero attached hydrogens (tertiary/aromatic N) is 3. The van der Waals surface area contributed by atoms with Gasteiger partial charge in [0.2, 0.25) is 0 Å². The molecule has 0 atom stereocenters. The van der Waals surface area contributed by atoms with Crippen LogP contribution in [0.25, 0.3) is 0 Å². The number of H-pyrrole nitrogens is 1. The molecule has 184 valence electrons. The summed E-state index contributed by atoms with van der Waals surface area (Å²) in [6.07, 6.45) is 8.07. The molecule has 1 fully saturated rings. The topological polar surface area (TPSA) is 69.3 Å². The maximum absolute atomic E-state index is 13.5. The molecular weight excluding hydrogens is 456 g/mol. The molecule has 1 N–H and O–H groups in total. The van der Waals surface area contributed by atoms with Gasteiger partial charge in [-0.3, -0.25) is 19.5 Å². The van der Waals surface area contributed by atoms with Gasteiger partial charge in [0.1, 0.15) is 0 Å². The molecule has 5 heterocycles. The molecule has 3 aromatic rings. The van der Waals surface area contributed by atoms with Crippen molar-refractivity contribution in [1.29, 1.82) is 0 Å². The number of thiophene rings is 1. The molecule has 5 rings (SSSR count). The van der Waals surface area contributed by atoms with Gasteiger partial charge in [-0.25, -0.2) is 0 Å². The van der Waals surface area contributed by atoms with Crippen molar-refractivity contribution >= 4 is 17.2 Å². The first-order chi connectivity index (χ1) is 16.9. The maximum atomic E-state index is 13.5. The Labute approximate surface area is 211 Å². The van der Waals surface area contributed by atoms with Gasteiger partial charge in [-0.2, -0.15) is 0 Å². The van der Waals surface area contributed by atoms with Crippen LogP contribution in [0.2, 0.25) is 0 Å². The van der Waals surface area contributed by atoms with Gasteiger partial charge in [0.25, 0.3) is 11.5 Å². The predicted molar refractivity (Wildman–Crippen MR) is 140 cm³/mol. The molecule has 0 aliphatic carbocycles. The summed E-state index contributed by atoms with van der Waals surface area (Å²) in [6.45, 7) is 10.2. The Morgan fingerprint density at radius 1 is 1.06 bits per heavy atom. The largest absolute Gasteiger partial charge is 0.334 e. The summed E-state index contributed by atoms with van der Waals surface area (Å²) < 4.78 is 0. The molecule has 0 spiro atoms. The number of nitrogens with one attached hydrogen (secondary N) is 1. The Bertz CT molecular complexity index is 1270. The summed E-state index contributed by atoms with van der Waals surface area (Å²) in [4.78, 5) is 40.0. The monoisotopic (exact) mass is 490 g/mol. The molecule has 0 saturated carbocycles. The van der Waals surface area contributed by atoms with E-state index in [1.807, 2.05) is 48.5 Å². The van der Waals surface area contributed by atoms with Gasteiger partial charge in [0, 0.05) is 52.9 Å². The van der Waals surface area contributed by atoms with Crippen LogP contribution in [0.3, 0.4) is 0 Å². The van der Waals surface area contributed by atoms with Crippen LogP contribution in [0.4, 0.5) is 0 Å². The molecule has 0 radical (unpaired) electrons. The quantitative estimate of drug-likeness (QED) is 0.556. The lowest BCUT2D eigenvalue weighted by Gasteiger charge is -2.32. The van der Waals surface area contributed by atoms with E-state index in [9.17, 15) is 9.59 Å². The fraction of sp³-hybridized carbons (Fsp3) is 0.464. The van der Waals surface area contributed by atoms with E-state index in [4.69, 9.17) is 0 Å². The minimum Gasteiger partial charge on any atom is -0.334 e. The van der Waals surface area contributed by atoms with E-state index in [0.29, 0.717) is 24.6 Å². The van der Waals surface area contributed by atoms with Gasteiger partial charge in [-0.05, 0) is 93.9 Å². The molecule has 6 nitrogen and oxygen atoms in total. The summed E-state index contributed by atoms with van der Waals surface area (Å²) >= 11 is 1.84. The summed E-state index contributed by atoms with van der Waals surface area (Å²) in [5, 5.41) is 0. The molecular formula is C28H34N4O2S. The summed E-state index contributed by atoms with van der Waals surface area (Å²) in [5.41, 5.74) is 5.79. The van der Waals surface area contributed by atoms with E-state index in [2.05, 4.69) is 33.9 Å². The van der Waals surface area contributed by atoms with Crippen LogP contribution in [0, 0.1) is 26.7 Å². The van der Waals surface area contributed by atoms with Gasteiger partial charge in [-0.15, -0.1) is 11.3 Å². The second-order valence-corrected chi connectivity index (χ2v) is 11.3. The number of pyridine rings is 2. The van der Waals surface area contributed by atoms with Crippen molar-refractivity contribution in [2.45, 2.75) is 59.5 Å². The molecule has 1 saturated heterocycles. The lowest BCUT2D eigenvalue weighted by molar-refractivity contribution is 0.0727. The second-order valence-electron chi connectivity index (χ2n) is 10.1. The molecule has 7 heteroatoms. The highest BCUT2D eigenvalue weighted by Gasteiger charge is 2.31. The van der Waals surface area contributed by atoms with E-state index >= 15 is 0 Å². The first kappa shape index (κ1) is 23.9. The molecule has 1 amide bonds. The number of aromatic nitrogens is 2. The number of aromatic amines is 1. The lowest BCUT2D eigenvalue weighted by atomic mass is 9.91. The Kier molecular flexibility index (Phi) is 6.89. The minimum atomic E-state index is -0.0842. The third-order valence-electron chi connectivity index (χ3n) is 7.61. The number of piperidine rings is 1. The van der Waals surface area contributed by atoms with E-state index in [1.165, 1.54) is 28.2 Å². The predicted octanol–water partition coefficient (Wildman–Crippen LogP) is 4.41. The Hall–Kier alpha value is -2.77. The number of carbonyl (C=O) groups excluding carboxylic acids is 1. The van der Waals surface area contributed by atoms with Crippen LogP contribution in [0.5, 0.6) is 0 Å². The zero-order valence-corrected chi connectivity index (χ0v) is 21.7. The zero-order chi connectivity index (χ0) is 24.5. The first-order valence-corrected chi connectivity index (χ1v) is 13.4. The molecule has 3 aromatic heterocycles. The van der Waals surface area contributed by atoms with Crippen LogP contribution in [-0.2, 0) is 25.9 Å². The van der Waals surface area contributed by atoms with Crippen LogP contribution < -0.4 is 5.56 Å². The van der Waals surface area contributed by atoms with Crippen molar-refractivity contribution in [3.05, 3.63) is 84.2 Å². The standard InChI is InChI=1S/C28H34N4O2S/c1-18-14-19(2)30-27(33)23(18)17-32-13-8-24-26(28(32)34)20(3)25(35-24)15-21-6-11-31(12-7-21)16-22-4-9-29-10-5-22/h4-5,9-10,14,21H,6-8,11-13,15-17H2,1-3H3,(H,30,33). The minimum absolute atomic E-state index is 0.0813. The van der Waals surface area contributed by atoms with Crippen molar-refractivity contribution in [2.24, 2.45) is 5.92 Å². The average molecular weight is 491 g/mol. The number of carbonyl (C=O) groups is 1. The normalized spacial score (nSPS) is 17.1. The molecule has 2 aliphatic rings. The third kappa shape index (κ3) is 5.11. The van der Waals surface area contributed by atoms with Crippen LogP contribution in [-0.4, -0.2) is 45.3 Å². The zero-order valence-electron chi connectivity index (χ0n) is 20.9. The molecule has 2 aliphatic heterocycles. The molecule has 35 heavy (non-hydrogen) atoms. The maximum Gasteiger partial charge on any atom is 0.255 e.